The standard InChI is InChI=1S/C21H23ClN4O4S/c1-2-30-16-4-6-17(7-5-16)31(28,29)26-11-9-25(10-12-26)14-20-23-19-13-15(22)3-8-18(19)21(27)24-20/h3-8,13H,2,9-12,14H2,1H3,(H,23,24,27). The third kappa shape index (κ3) is 4.74. The number of nitrogens with zero attached hydrogens (tertiary/aromatic N) is 3. The number of nitrogens with one attached hydrogen (secondary N) is 1. The van der Waals surface area contributed by atoms with Crippen molar-refractivity contribution in [3.05, 3.63) is 63.7 Å². The monoisotopic (exact) mass is 462 g/mol. The van der Waals surface area contributed by atoms with Gasteiger partial charge in [-0.15, -0.1) is 0 Å². The van der Waals surface area contributed by atoms with E-state index < -0.39 is 10.0 Å². The van der Waals surface area contributed by atoms with Gasteiger partial charge < -0.3 is 9.72 Å². The molecule has 1 saturated heterocycles. The predicted molar refractivity (Wildman–Crippen MR) is 119 cm³/mol. The second-order valence-corrected chi connectivity index (χ2v) is 9.63. The van der Waals surface area contributed by atoms with Crippen LogP contribution in [0.3, 0.4) is 0 Å². The van der Waals surface area contributed by atoms with Gasteiger partial charge in [0.25, 0.3) is 5.56 Å². The lowest BCUT2D eigenvalue weighted by Crippen LogP contribution is -2.48. The van der Waals surface area contributed by atoms with Crippen molar-refractivity contribution in [2.24, 2.45) is 0 Å². The maximum Gasteiger partial charge on any atom is 0.258 e. The first kappa shape index (κ1) is 21.8. The summed E-state index contributed by atoms with van der Waals surface area (Å²) < 4.78 is 32.7. The first-order chi connectivity index (χ1) is 14.9. The molecule has 0 amide bonds. The van der Waals surface area contributed by atoms with Crippen LogP contribution in [0.1, 0.15) is 12.7 Å². The highest BCUT2D eigenvalue weighted by Crippen LogP contribution is 2.21. The average molecular weight is 463 g/mol. The van der Waals surface area contributed by atoms with E-state index in [-0.39, 0.29) is 10.5 Å². The Kier molecular flexibility index (Phi) is 6.29. The predicted octanol–water partition coefficient (Wildman–Crippen LogP) is 2.48. The molecule has 0 radical (unpaired) electrons. The van der Waals surface area contributed by atoms with Gasteiger partial charge in [-0.05, 0) is 49.4 Å². The van der Waals surface area contributed by atoms with Crippen LogP contribution < -0.4 is 10.3 Å². The lowest BCUT2D eigenvalue weighted by Gasteiger charge is -2.33. The molecule has 8 nitrogen and oxygen atoms in total. The van der Waals surface area contributed by atoms with Crippen molar-refractivity contribution < 1.29 is 13.2 Å². The number of ether oxygens (including phenoxy) is 1. The summed E-state index contributed by atoms with van der Waals surface area (Å²) in [6.07, 6.45) is 0. The zero-order valence-corrected chi connectivity index (χ0v) is 18.6. The first-order valence-corrected chi connectivity index (χ1v) is 11.8. The fourth-order valence-electron chi connectivity index (χ4n) is 3.60. The maximum atomic E-state index is 12.9. The molecule has 1 aliphatic heterocycles. The lowest BCUT2D eigenvalue weighted by molar-refractivity contribution is 0.178. The number of rotatable bonds is 6. The minimum atomic E-state index is -3.57. The van der Waals surface area contributed by atoms with Crippen LogP contribution >= 0.6 is 11.6 Å². The first-order valence-electron chi connectivity index (χ1n) is 10.0. The second kappa shape index (κ2) is 8.96. The quantitative estimate of drug-likeness (QED) is 0.604. The van der Waals surface area contributed by atoms with Gasteiger partial charge in [-0.3, -0.25) is 9.69 Å². The van der Waals surface area contributed by atoms with Crippen LogP contribution in [-0.4, -0.2) is 60.4 Å². The highest BCUT2D eigenvalue weighted by molar-refractivity contribution is 7.89. The van der Waals surface area contributed by atoms with E-state index in [9.17, 15) is 13.2 Å². The number of sulfonamides is 1. The molecule has 0 bridgehead atoms. The van der Waals surface area contributed by atoms with Gasteiger partial charge in [-0.25, -0.2) is 13.4 Å². The Labute approximate surface area is 185 Å². The molecule has 1 N–H and O–H groups in total. The third-order valence-electron chi connectivity index (χ3n) is 5.19. The van der Waals surface area contributed by atoms with Crippen LogP contribution in [0, 0.1) is 0 Å². The minimum Gasteiger partial charge on any atom is -0.494 e. The number of piperazine rings is 1. The van der Waals surface area contributed by atoms with Gasteiger partial charge in [-0.2, -0.15) is 4.31 Å². The Morgan fingerprint density at radius 2 is 1.81 bits per heavy atom. The van der Waals surface area contributed by atoms with Crippen molar-refractivity contribution >= 4 is 32.5 Å². The van der Waals surface area contributed by atoms with Gasteiger partial charge in [-0.1, -0.05) is 11.6 Å². The summed E-state index contributed by atoms with van der Waals surface area (Å²) in [5.41, 5.74) is 0.330. The number of fused-ring (bicyclic) bond motifs is 1. The molecule has 3 aromatic rings. The Morgan fingerprint density at radius 1 is 1.10 bits per heavy atom. The smallest absolute Gasteiger partial charge is 0.258 e. The van der Waals surface area contributed by atoms with Crippen molar-refractivity contribution in [2.45, 2.75) is 18.4 Å². The van der Waals surface area contributed by atoms with Crippen molar-refractivity contribution in [3.63, 3.8) is 0 Å². The summed E-state index contributed by atoms with van der Waals surface area (Å²) in [5, 5.41) is 1.00. The van der Waals surface area contributed by atoms with Gasteiger partial charge in [0, 0.05) is 31.2 Å². The highest BCUT2D eigenvalue weighted by Gasteiger charge is 2.28. The van der Waals surface area contributed by atoms with Gasteiger partial charge >= 0.3 is 0 Å². The Hall–Kier alpha value is -2.46. The number of H-pyrrole nitrogens is 1. The summed E-state index contributed by atoms with van der Waals surface area (Å²) in [6.45, 7) is 4.62. The van der Waals surface area contributed by atoms with E-state index in [4.69, 9.17) is 16.3 Å². The van der Waals surface area contributed by atoms with Crippen LogP contribution in [0.15, 0.2) is 52.2 Å². The van der Waals surface area contributed by atoms with E-state index in [2.05, 4.69) is 14.9 Å². The molecule has 0 unspecified atom stereocenters. The van der Waals surface area contributed by atoms with Gasteiger partial charge in [0.15, 0.2) is 0 Å². The molecule has 0 spiro atoms. The summed E-state index contributed by atoms with van der Waals surface area (Å²) in [4.78, 5) is 21.9. The van der Waals surface area contributed by atoms with Crippen LogP contribution in [0.4, 0.5) is 0 Å². The molecule has 2 heterocycles. The zero-order chi connectivity index (χ0) is 22.0. The van der Waals surface area contributed by atoms with E-state index in [0.717, 1.165) is 0 Å². The molecule has 2 aromatic carbocycles. The lowest BCUT2D eigenvalue weighted by atomic mass is 10.2. The molecule has 4 rings (SSSR count). The van der Waals surface area contributed by atoms with Crippen molar-refractivity contribution in [2.75, 3.05) is 32.8 Å². The second-order valence-electron chi connectivity index (χ2n) is 7.26. The maximum absolute atomic E-state index is 12.9. The topological polar surface area (TPSA) is 95.6 Å². The number of benzene rings is 2. The molecule has 1 fully saturated rings. The van der Waals surface area contributed by atoms with E-state index >= 15 is 0 Å². The highest BCUT2D eigenvalue weighted by atomic mass is 35.5. The van der Waals surface area contributed by atoms with Crippen LogP contribution in [-0.2, 0) is 16.6 Å². The number of aromatic nitrogens is 2. The Morgan fingerprint density at radius 3 is 2.48 bits per heavy atom. The van der Waals surface area contributed by atoms with Crippen LogP contribution in [0.25, 0.3) is 10.9 Å². The summed E-state index contributed by atoms with van der Waals surface area (Å²) in [5.74, 6) is 1.17. The molecule has 0 atom stereocenters. The normalized spacial score (nSPS) is 15.9. The molecule has 1 aromatic heterocycles. The summed E-state index contributed by atoms with van der Waals surface area (Å²) in [6, 6.07) is 11.4. The minimum absolute atomic E-state index is 0.214. The molecular formula is C21H23ClN4O4S. The van der Waals surface area contributed by atoms with E-state index in [1.54, 1.807) is 42.5 Å². The van der Waals surface area contributed by atoms with Gasteiger partial charge in [0.1, 0.15) is 11.6 Å². The van der Waals surface area contributed by atoms with Crippen LogP contribution in [0.5, 0.6) is 5.75 Å². The van der Waals surface area contributed by atoms with Crippen molar-refractivity contribution in [1.82, 2.24) is 19.2 Å². The van der Waals surface area contributed by atoms with Crippen LogP contribution in [0.2, 0.25) is 5.02 Å². The van der Waals surface area contributed by atoms with Gasteiger partial charge in [0.05, 0.1) is 29.0 Å². The molecule has 31 heavy (non-hydrogen) atoms. The Bertz CT molecular complexity index is 1240. The van der Waals surface area contributed by atoms with Crippen molar-refractivity contribution in [1.29, 1.82) is 0 Å². The van der Waals surface area contributed by atoms with E-state index in [1.807, 2.05) is 6.92 Å². The zero-order valence-electron chi connectivity index (χ0n) is 17.0. The fourth-order valence-corrected chi connectivity index (χ4v) is 5.19. The molecule has 164 valence electrons. The third-order valence-corrected chi connectivity index (χ3v) is 7.34. The molecule has 0 saturated carbocycles. The largest absolute Gasteiger partial charge is 0.494 e. The van der Waals surface area contributed by atoms with E-state index in [0.29, 0.717) is 66.8 Å². The van der Waals surface area contributed by atoms with E-state index in [1.165, 1.54) is 4.31 Å². The van der Waals surface area contributed by atoms with Crippen molar-refractivity contribution in [3.8, 4) is 5.75 Å². The molecule has 0 aliphatic carbocycles. The summed E-state index contributed by atoms with van der Waals surface area (Å²) >= 11 is 6.02. The van der Waals surface area contributed by atoms with Gasteiger partial charge in [0.2, 0.25) is 10.0 Å². The number of halogens is 1. The average Bonchev–Trinajstić information content (AvgIpc) is 2.74. The molecular weight excluding hydrogens is 440 g/mol. The fraction of sp³-hybridized carbons (Fsp3) is 0.333. The number of hydrogen-bond donors (Lipinski definition) is 1. The Balaban J connectivity index is 1.42. The summed E-state index contributed by atoms with van der Waals surface area (Å²) in [7, 11) is -3.57. The molecule has 10 heteroatoms. The number of aromatic amines is 1. The SMILES string of the molecule is CCOc1ccc(S(=O)(=O)N2CCN(Cc3nc4cc(Cl)ccc4c(=O)[nH]3)CC2)cc1. The number of hydrogen-bond acceptors (Lipinski definition) is 6. The molecule has 1 aliphatic rings.